The van der Waals surface area contributed by atoms with Crippen molar-refractivity contribution in [2.45, 2.75) is 0 Å². The second-order valence-electron chi connectivity index (χ2n) is 3.47. The van der Waals surface area contributed by atoms with Crippen LogP contribution in [0.25, 0.3) is 0 Å². The van der Waals surface area contributed by atoms with Crippen LogP contribution in [0.2, 0.25) is 0 Å². The molecule has 0 saturated carbocycles. The van der Waals surface area contributed by atoms with E-state index in [1.54, 1.807) is 10.9 Å². The summed E-state index contributed by atoms with van der Waals surface area (Å²) in [4.78, 5) is 0. The molecule has 0 aliphatic heterocycles. The van der Waals surface area contributed by atoms with Gasteiger partial charge in [0.25, 0.3) is 0 Å². The largest absolute Gasteiger partial charge is 0.275 e. The molecule has 3 heteroatoms. The van der Waals surface area contributed by atoms with Gasteiger partial charge in [-0.1, -0.05) is 5.92 Å². The maximum atomic E-state index is 4.04. The van der Waals surface area contributed by atoms with Crippen LogP contribution in [0.3, 0.4) is 0 Å². The molecule has 0 bridgehead atoms. The first-order chi connectivity index (χ1) is 5.47. The van der Waals surface area contributed by atoms with Crippen LogP contribution in [0, 0.1) is 11.2 Å². The molecule has 2 nitrogen and oxygen atoms in total. The summed E-state index contributed by atoms with van der Waals surface area (Å²) in [6.45, 7) is 0. The van der Waals surface area contributed by atoms with Crippen molar-refractivity contribution in [1.29, 1.82) is 0 Å². The lowest BCUT2D eigenvalue weighted by molar-refractivity contribution is 0.767. The molecule has 1 heterocycles. The zero-order valence-corrected chi connectivity index (χ0v) is 8.77. The topological polar surface area (TPSA) is 17.8 Å². The van der Waals surface area contributed by atoms with Crippen LogP contribution in [0.15, 0.2) is 12.4 Å². The average Bonchev–Trinajstić information content (AvgIpc) is 2.30. The molecule has 0 saturated heterocycles. The molecular formula is C9H14N2S. The Morgan fingerprint density at radius 1 is 1.42 bits per heavy atom. The smallest absolute Gasteiger partial charge is 0.0646 e. The van der Waals surface area contributed by atoms with Gasteiger partial charge in [0, 0.05) is 13.2 Å². The molecule has 0 amide bonds. The highest BCUT2D eigenvalue weighted by Gasteiger charge is 1.96. The van der Waals surface area contributed by atoms with E-state index in [0.29, 0.717) is 0 Å². The molecule has 0 atom stereocenters. The molecule has 0 aliphatic rings. The summed E-state index contributed by atoms with van der Waals surface area (Å²) in [5, 5.41) is 7.27. The van der Waals surface area contributed by atoms with E-state index in [4.69, 9.17) is 0 Å². The first-order valence-electron chi connectivity index (χ1n) is 3.67. The molecular weight excluding hydrogens is 168 g/mol. The normalized spacial score (nSPS) is 12.0. The fraction of sp³-hybridized carbons (Fsp3) is 0.444. The van der Waals surface area contributed by atoms with E-state index in [-0.39, 0.29) is 0 Å². The minimum Gasteiger partial charge on any atom is -0.275 e. The molecule has 0 spiro atoms. The first kappa shape index (κ1) is 9.21. The molecule has 12 heavy (non-hydrogen) atoms. The molecule has 66 valence electrons. The lowest BCUT2D eigenvalue weighted by Gasteiger charge is -2.14. The fourth-order valence-electron chi connectivity index (χ4n) is 0.698. The standard InChI is InChI=1S/C9H14N2S/c1-11-8-9(7-10-11)5-6-12(2,3)4/h7-8H,1-4H3. The number of hydrogen-bond donors (Lipinski definition) is 0. The van der Waals surface area contributed by atoms with Gasteiger partial charge in [0.2, 0.25) is 0 Å². The Labute approximate surface area is 75.3 Å². The highest BCUT2D eigenvalue weighted by atomic mass is 32.3. The number of hydrogen-bond acceptors (Lipinski definition) is 1. The summed E-state index contributed by atoms with van der Waals surface area (Å²) in [6, 6.07) is 0. The highest BCUT2D eigenvalue weighted by molar-refractivity contribution is 8.35. The molecule has 0 unspecified atom stereocenters. The summed E-state index contributed by atoms with van der Waals surface area (Å²) >= 11 is 0. The van der Waals surface area contributed by atoms with Gasteiger partial charge in [-0.2, -0.15) is 15.1 Å². The zero-order valence-electron chi connectivity index (χ0n) is 7.96. The van der Waals surface area contributed by atoms with Crippen molar-refractivity contribution in [3.05, 3.63) is 18.0 Å². The van der Waals surface area contributed by atoms with Crippen molar-refractivity contribution < 1.29 is 0 Å². The Morgan fingerprint density at radius 2 is 2.08 bits per heavy atom. The van der Waals surface area contributed by atoms with Gasteiger partial charge in [-0.05, 0) is 24.0 Å². The number of aryl methyl sites for hydroxylation is 1. The van der Waals surface area contributed by atoms with E-state index < -0.39 is 10.0 Å². The lowest BCUT2D eigenvalue weighted by atomic mass is 10.4. The van der Waals surface area contributed by atoms with Crippen LogP contribution in [0.4, 0.5) is 0 Å². The van der Waals surface area contributed by atoms with Crippen LogP contribution in [0.1, 0.15) is 5.56 Å². The average molecular weight is 182 g/mol. The Kier molecular flexibility index (Phi) is 2.49. The Hall–Kier alpha value is -0.880. The van der Waals surface area contributed by atoms with Gasteiger partial charge in [0.1, 0.15) is 0 Å². The van der Waals surface area contributed by atoms with Crippen molar-refractivity contribution >= 4 is 10.0 Å². The van der Waals surface area contributed by atoms with Gasteiger partial charge in [-0.15, -0.1) is 0 Å². The molecule has 0 aromatic carbocycles. The van der Waals surface area contributed by atoms with Crippen LogP contribution < -0.4 is 0 Å². The lowest BCUT2D eigenvalue weighted by Crippen LogP contribution is -1.85. The van der Waals surface area contributed by atoms with E-state index in [2.05, 4.69) is 35.0 Å². The second kappa shape index (κ2) is 3.24. The van der Waals surface area contributed by atoms with E-state index in [1.807, 2.05) is 13.2 Å². The third kappa shape index (κ3) is 3.02. The monoisotopic (exact) mass is 182 g/mol. The first-order valence-corrected chi connectivity index (χ1v) is 6.53. The zero-order chi connectivity index (χ0) is 9.19. The molecule has 0 radical (unpaired) electrons. The summed E-state index contributed by atoms with van der Waals surface area (Å²) < 4.78 is 1.77. The van der Waals surface area contributed by atoms with Crippen LogP contribution in [-0.2, 0) is 7.05 Å². The van der Waals surface area contributed by atoms with Crippen LogP contribution in [-0.4, -0.2) is 28.5 Å². The summed E-state index contributed by atoms with van der Waals surface area (Å²) in [6.07, 6.45) is 10.2. The maximum absolute atomic E-state index is 4.04. The minimum atomic E-state index is -0.711. The van der Waals surface area contributed by atoms with E-state index in [9.17, 15) is 0 Å². The minimum absolute atomic E-state index is 0.711. The number of aromatic nitrogens is 2. The van der Waals surface area contributed by atoms with Crippen molar-refractivity contribution in [2.75, 3.05) is 18.8 Å². The Balaban J connectivity index is 2.80. The molecule has 0 N–H and O–H groups in total. The van der Waals surface area contributed by atoms with Crippen molar-refractivity contribution in [2.24, 2.45) is 7.05 Å². The fourth-order valence-corrected chi connectivity index (χ4v) is 1.12. The third-order valence-electron chi connectivity index (χ3n) is 1.21. The van der Waals surface area contributed by atoms with Gasteiger partial charge in [-0.25, -0.2) is 0 Å². The number of rotatable bonds is 0. The molecule has 1 rings (SSSR count). The molecule has 1 aromatic heterocycles. The summed E-state index contributed by atoms with van der Waals surface area (Å²) in [7, 11) is 1.19. The van der Waals surface area contributed by atoms with Crippen molar-refractivity contribution in [3.63, 3.8) is 0 Å². The van der Waals surface area contributed by atoms with Gasteiger partial charge in [-0.3, -0.25) is 4.68 Å². The summed E-state index contributed by atoms with van der Waals surface area (Å²) in [5.41, 5.74) is 1.000. The Morgan fingerprint density at radius 3 is 2.50 bits per heavy atom. The van der Waals surface area contributed by atoms with Gasteiger partial charge < -0.3 is 0 Å². The highest BCUT2D eigenvalue weighted by Crippen LogP contribution is 2.32. The van der Waals surface area contributed by atoms with Crippen molar-refractivity contribution in [3.8, 4) is 11.2 Å². The summed E-state index contributed by atoms with van der Waals surface area (Å²) in [5.74, 6) is 3.11. The third-order valence-corrected chi connectivity index (χ3v) is 1.92. The molecule has 0 aliphatic carbocycles. The number of nitrogens with zero attached hydrogens (tertiary/aromatic N) is 2. The van der Waals surface area contributed by atoms with E-state index >= 15 is 0 Å². The van der Waals surface area contributed by atoms with Crippen molar-refractivity contribution in [1.82, 2.24) is 9.78 Å². The van der Waals surface area contributed by atoms with Gasteiger partial charge in [0.15, 0.2) is 0 Å². The van der Waals surface area contributed by atoms with Crippen LogP contribution >= 0.6 is 10.0 Å². The molecule has 1 aromatic rings. The predicted octanol–water partition coefficient (Wildman–Crippen LogP) is 1.42. The molecule has 0 fully saturated rings. The maximum Gasteiger partial charge on any atom is 0.0646 e. The second-order valence-corrected chi connectivity index (χ2v) is 7.35. The quantitative estimate of drug-likeness (QED) is 0.555. The van der Waals surface area contributed by atoms with Crippen LogP contribution in [0.5, 0.6) is 0 Å². The van der Waals surface area contributed by atoms with Gasteiger partial charge >= 0.3 is 0 Å². The predicted molar refractivity (Wildman–Crippen MR) is 55.4 cm³/mol. The Bertz CT molecular complexity index is 322. The van der Waals surface area contributed by atoms with E-state index in [0.717, 1.165) is 5.56 Å². The van der Waals surface area contributed by atoms with E-state index in [1.165, 1.54) is 0 Å². The van der Waals surface area contributed by atoms with Gasteiger partial charge in [0.05, 0.1) is 11.8 Å². The SMILES string of the molecule is Cn1cc(C#CS(C)(C)C)cn1.